The third-order valence-corrected chi connectivity index (χ3v) is 3.21. The zero-order valence-corrected chi connectivity index (χ0v) is 8.41. The molecule has 1 aromatic carbocycles. The number of halogens is 1. The number of phenolic OH excluding ortho intramolecular Hbond substituents is 1. The van der Waals surface area contributed by atoms with Crippen LogP contribution in [0.5, 0.6) is 5.75 Å². The number of hydrogen-bond acceptors (Lipinski definition) is 3. The van der Waals surface area contributed by atoms with E-state index >= 15 is 0 Å². The number of nitrogen functional groups attached to an aromatic ring is 1. The Morgan fingerprint density at radius 3 is 2.60 bits per heavy atom. The quantitative estimate of drug-likeness (QED) is 0.515. The molecule has 0 heterocycles. The number of rotatable bonds is 2. The zero-order valence-electron chi connectivity index (χ0n) is 8.41. The third-order valence-electron chi connectivity index (χ3n) is 3.21. The van der Waals surface area contributed by atoms with Crippen LogP contribution in [0.25, 0.3) is 0 Å². The molecule has 1 aromatic rings. The van der Waals surface area contributed by atoms with E-state index < -0.39 is 5.82 Å². The number of phenols is 1. The second kappa shape index (κ2) is 3.70. The number of anilines is 1. The molecule has 5 N–H and O–H groups in total. The topological polar surface area (TPSA) is 72.3 Å². The Hall–Kier alpha value is -1.29. The summed E-state index contributed by atoms with van der Waals surface area (Å²) in [7, 11) is 0. The minimum atomic E-state index is -0.600. The lowest BCUT2D eigenvalue weighted by Crippen LogP contribution is -2.27. The van der Waals surface area contributed by atoms with Crippen LogP contribution in [-0.2, 0) is 0 Å². The fourth-order valence-corrected chi connectivity index (χ4v) is 1.92. The molecule has 0 aliphatic heterocycles. The number of nitrogens with two attached hydrogens (primary N) is 2. The summed E-state index contributed by atoms with van der Waals surface area (Å²) < 4.78 is 13.0. The molecule has 0 radical (unpaired) electrons. The lowest BCUT2D eigenvalue weighted by Gasteiger charge is -2.31. The largest absolute Gasteiger partial charge is 0.505 e. The molecule has 1 saturated carbocycles. The minimum absolute atomic E-state index is 0.200. The van der Waals surface area contributed by atoms with Crippen molar-refractivity contribution in [3.8, 4) is 5.75 Å². The van der Waals surface area contributed by atoms with Gasteiger partial charge in [0, 0.05) is 11.6 Å². The van der Waals surface area contributed by atoms with Gasteiger partial charge < -0.3 is 16.6 Å². The van der Waals surface area contributed by atoms with Crippen LogP contribution in [0.4, 0.5) is 10.1 Å². The molecule has 82 valence electrons. The highest BCUT2D eigenvalue weighted by Crippen LogP contribution is 2.40. The van der Waals surface area contributed by atoms with Gasteiger partial charge in [-0.2, -0.15) is 0 Å². The first kappa shape index (κ1) is 10.2. The first-order valence-corrected chi connectivity index (χ1v) is 5.13. The summed E-state index contributed by atoms with van der Waals surface area (Å²) in [6.07, 6.45) is 3.31. The molecule has 0 bridgehead atoms. The van der Waals surface area contributed by atoms with E-state index in [0.29, 0.717) is 11.5 Å². The van der Waals surface area contributed by atoms with Crippen LogP contribution in [0.3, 0.4) is 0 Å². The van der Waals surface area contributed by atoms with Crippen molar-refractivity contribution < 1.29 is 9.50 Å². The van der Waals surface area contributed by atoms with E-state index in [4.69, 9.17) is 11.5 Å². The Morgan fingerprint density at radius 2 is 2.07 bits per heavy atom. The van der Waals surface area contributed by atoms with Crippen molar-refractivity contribution in [2.24, 2.45) is 11.7 Å². The highest BCUT2D eigenvalue weighted by molar-refractivity contribution is 5.57. The molecule has 0 aromatic heterocycles. The van der Waals surface area contributed by atoms with Crippen molar-refractivity contribution in [2.45, 2.75) is 25.3 Å². The Bertz CT molecular complexity index is 377. The van der Waals surface area contributed by atoms with Crippen molar-refractivity contribution >= 4 is 5.69 Å². The van der Waals surface area contributed by atoms with Gasteiger partial charge >= 0.3 is 0 Å². The van der Waals surface area contributed by atoms with Crippen LogP contribution in [-0.4, -0.2) is 5.11 Å². The monoisotopic (exact) mass is 210 g/mol. The molecule has 0 spiro atoms. The van der Waals surface area contributed by atoms with Gasteiger partial charge in [-0.25, -0.2) is 4.39 Å². The van der Waals surface area contributed by atoms with Crippen LogP contribution < -0.4 is 11.5 Å². The number of benzene rings is 1. The number of aromatic hydroxyl groups is 1. The summed E-state index contributed by atoms with van der Waals surface area (Å²) in [5.41, 5.74) is 11.7. The Kier molecular flexibility index (Phi) is 2.52. The molecule has 15 heavy (non-hydrogen) atoms. The van der Waals surface area contributed by atoms with E-state index in [0.717, 1.165) is 12.8 Å². The summed E-state index contributed by atoms with van der Waals surface area (Å²) >= 11 is 0. The van der Waals surface area contributed by atoms with Crippen LogP contribution in [0.1, 0.15) is 30.9 Å². The summed E-state index contributed by atoms with van der Waals surface area (Å²) in [6, 6.07) is 2.54. The molecule has 3 nitrogen and oxygen atoms in total. The second-order valence-electron chi connectivity index (χ2n) is 4.12. The normalized spacial score (nSPS) is 18.5. The lowest BCUT2D eigenvalue weighted by molar-refractivity contribution is 0.260. The van der Waals surface area contributed by atoms with Crippen LogP contribution in [0.2, 0.25) is 0 Å². The maximum Gasteiger partial charge on any atom is 0.149 e. The molecule has 4 heteroatoms. The summed E-state index contributed by atoms with van der Waals surface area (Å²) in [6.45, 7) is 0. The molecule has 0 saturated heterocycles. The highest BCUT2D eigenvalue weighted by Gasteiger charge is 2.28. The molecule has 0 amide bonds. The maximum atomic E-state index is 13.0. The predicted molar refractivity (Wildman–Crippen MR) is 56.7 cm³/mol. The van der Waals surface area contributed by atoms with Crippen LogP contribution >= 0.6 is 0 Å². The van der Waals surface area contributed by atoms with Gasteiger partial charge in [0.2, 0.25) is 0 Å². The summed E-state index contributed by atoms with van der Waals surface area (Å²) in [5.74, 6) is -0.410. The molecular weight excluding hydrogens is 195 g/mol. The van der Waals surface area contributed by atoms with E-state index in [9.17, 15) is 9.50 Å². The van der Waals surface area contributed by atoms with Gasteiger partial charge in [-0.3, -0.25) is 0 Å². The first-order valence-electron chi connectivity index (χ1n) is 5.13. The first-order chi connectivity index (χ1) is 7.11. The standard InChI is InChI=1S/C11H15FN2O/c12-8-5-4-7(11(15)10(8)14)9(13)6-2-1-3-6/h4-6,9,15H,1-3,13-14H2/t9-/m0/s1. The van der Waals surface area contributed by atoms with E-state index in [2.05, 4.69) is 0 Å². The number of hydrogen-bond donors (Lipinski definition) is 3. The fourth-order valence-electron chi connectivity index (χ4n) is 1.92. The zero-order chi connectivity index (χ0) is 11.0. The van der Waals surface area contributed by atoms with Crippen LogP contribution in [0.15, 0.2) is 12.1 Å². The van der Waals surface area contributed by atoms with Gasteiger partial charge in [-0.05, 0) is 24.8 Å². The predicted octanol–water partition coefficient (Wildman–Crippen LogP) is 1.91. The van der Waals surface area contributed by atoms with Crippen molar-refractivity contribution in [3.63, 3.8) is 0 Å². The molecule has 2 rings (SSSR count). The van der Waals surface area contributed by atoms with Crippen molar-refractivity contribution in [1.82, 2.24) is 0 Å². The SMILES string of the molecule is Nc1c(F)ccc([C@@H](N)C2CCC2)c1O. The molecule has 1 fully saturated rings. The fraction of sp³-hybridized carbons (Fsp3) is 0.455. The molecule has 1 aliphatic carbocycles. The van der Waals surface area contributed by atoms with Gasteiger partial charge in [0.15, 0.2) is 0 Å². The summed E-state index contributed by atoms with van der Waals surface area (Å²) in [5, 5.41) is 9.67. The van der Waals surface area contributed by atoms with Crippen molar-refractivity contribution in [1.29, 1.82) is 0 Å². The van der Waals surface area contributed by atoms with Crippen LogP contribution in [0, 0.1) is 11.7 Å². The molecular formula is C11H15FN2O. The molecule has 1 aliphatic rings. The molecule has 0 unspecified atom stereocenters. The second-order valence-corrected chi connectivity index (χ2v) is 4.12. The van der Waals surface area contributed by atoms with E-state index in [-0.39, 0.29) is 17.5 Å². The lowest BCUT2D eigenvalue weighted by atomic mass is 9.77. The van der Waals surface area contributed by atoms with Gasteiger partial charge in [0.1, 0.15) is 17.3 Å². The smallest absolute Gasteiger partial charge is 0.149 e. The Morgan fingerprint density at radius 1 is 1.40 bits per heavy atom. The summed E-state index contributed by atoms with van der Waals surface area (Å²) in [4.78, 5) is 0. The van der Waals surface area contributed by atoms with Crippen molar-refractivity contribution in [2.75, 3.05) is 5.73 Å². The average Bonchev–Trinajstić information content (AvgIpc) is 2.11. The minimum Gasteiger partial charge on any atom is -0.505 e. The van der Waals surface area contributed by atoms with E-state index in [1.807, 2.05) is 0 Å². The Balaban J connectivity index is 2.31. The van der Waals surface area contributed by atoms with Gasteiger partial charge in [0.25, 0.3) is 0 Å². The molecule has 1 atom stereocenters. The average molecular weight is 210 g/mol. The van der Waals surface area contributed by atoms with Gasteiger partial charge in [-0.15, -0.1) is 0 Å². The maximum absolute atomic E-state index is 13.0. The highest BCUT2D eigenvalue weighted by atomic mass is 19.1. The third kappa shape index (κ3) is 1.65. The van der Waals surface area contributed by atoms with E-state index in [1.54, 1.807) is 0 Å². The van der Waals surface area contributed by atoms with Gasteiger partial charge in [0.05, 0.1) is 0 Å². The van der Waals surface area contributed by atoms with Gasteiger partial charge in [-0.1, -0.05) is 12.5 Å². The van der Waals surface area contributed by atoms with Crippen molar-refractivity contribution in [3.05, 3.63) is 23.5 Å². The Labute approximate surface area is 87.9 Å². The van der Waals surface area contributed by atoms with E-state index in [1.165, 1.54) is 18.6 Å².